The Bertz CT molecular complexity index is 1680. The molecular weight excluding hydrogens is 476 g/mol. The number of rotatable bonds is 4. The second-order valence-corrected chi connectivity index (χ2v) is 9.68. The number of nitrogens with two attached hydrogens (primary N) is 1. The molecule has 3 aromatic heterocycles. The van der Waals surface area contributed by atoms with Gasteiger partial charge in [0.1, 0.15) is 11.8 Å². The molecule has 0 atom stereocenters. The summed E-state index contributed by atoms with van der Waals surface area (Å²) < 4.78 is 3.56. The minimum atomic E-state index is -0.0717. The molecule has 1 saturated heterocycles. The molecule has 8 heteroatoms. The zero-order valence-electron chi connectivity index (χ0n) is 21.1. The van der Waals surface area contributed by atoms with Crippen LogP contribution in [0, 0.1) is 0 Å². The fourth-order valence-corrected chi connectivity index (χ4v) is 5.43. The molecule has 4 heterocycles. The smallest absolute Gasteiger partial charge is 0.262 e. The number of para-hydroxylation sites is 1. The number of carbonyl (C=O) groups is 1. The summed E-state index contributed by atoms with van der Waals surface area (Å²) in [4.78, 5) is 31.2. The van der Waals surface area contributed by atoms with Gasteiger partial charge in [0.05, 0.1) is 0 Å². The topological polar surface area (TPSA) is 98.5 Å². The number of nitrogen functional groups attached to an aromatic ring is 1. The van der Waals surface area contributed by atoms with Crippen LogP contribution in [0.4, 0.5) is 5.82 Å². The normalized spacial score (nSPS) is 14.2. The van der Waals surface area contributed by atoms with E-state index in [0.717, 1.165) is 59.5 Å². The molecule has 1 fully saturated rings. The van der Waals surface area contributed by atoms with E-state index in [-0.39, 0.29) is 17.4 Å². The highest BCUT2D eigenvalue weighted by Gasteiger charge is 2.26. The maximum atomic E-state index is 13.3. The zero-order chi connectivity index (χ0) is 26.2. The van der Waals surface area contributed by atoms with E-state index < -0.39 is 0 Å². The van der Waals surface area contributed by atoms with Crippen molar-refractivity contribution in [3.8, 4) is 27.9 Å². The molecule has 0 saturated carbocycles. The quantitative estimate of drug-likeness (QED) is 0.388. The van der Waals surface area contributed by atoms with Crippen molar-refractivity contribution < 1.29 is 4.79 Å². The molecule has 8 nitrogen and oxygen atoms in total. The molecule has 1 amide bonds. The Morgan fingerprint density at radius 1 is 0.921 bits per heavy atom. The van der Waals surface area contributed by atoms with Crippen LogP contribution in [0.25, 0.3) is 33.5 Å². The van der Waals surface area contributed by atoms with E-state index in [0.29, 0.717) is 11.4 Å². The first-order valence-electron chi connectivity index (χ1n) is 12.8. The van der Waals surface area contributed by atoms with Gasteiger partial charge in [0, 0.05) is 54.6 Å². The Kier molecular flexibility index (Phi) is 5.99. The molecule has 6 rings (SSSR count). The van der Waals surface area contributed by atoms with Crippen LogP contribution < -0.4 is 11.3 Å². The summed E-state index contributed by atoms with van der Waals surface area (Å²) in [6.45, 7) is 3.08. The fourth-order valence-electron chi connectivity index (χ4n) is 5.43. The summed E-state index contributed by atoms with van der Waals surface area (Å²) in [6.07, 6.45) is 5.01. The summed E-state index contributed by atoms with van der Waals surface area (Å²) in [6, 6.07) is 23.4. The number of piperidine rings is 1. The van der Waals surface area contributed by atoms with Gasteiger partial charge in [-0.1, -0.05) is 42.5 Å². The Balaban J connectivity index is 1.37. The van der Waals surface area contributed by atoms with E-state index in [9.17, 15) is 9.59 Å². The monoisotopic (exact) mass is 504 g/mol. The third kappa shape index (κ3) is 4.14. The molecule has 0 spiro atoms. The first kappa shape index (κ1) is 23.7. The van der Waals surface area contributed by atoms with Crippen LogP contribution in [-0.4, -0.2) is 43.1 Å². The van der Waals surface area contributed by atoms with Gasteiger partial charge in [-0.25, -0.2) is 9.50 Å². The lowest BCUT2D eigenvalue weighted by Gasteiger charge is -2.31. The van der Waals surface area contributed by atoms with Crippen LogP contribution in [0.5, 0.6) is 0 Å². The van der Waals surface area contributed by atoms with Crippen LogP contribution in [0.15, 0.2) is 90.1 Å². The second kappa shape index (κ2) is 9.63. The second-order valence-electron chi connectivity index (χ2n) is 9.68. The van der Waals surface area contributed by atoms with Gasteiger partial charge in [0.25, 0.3) is 5.56 Å². The number of fused-ring (bicyclic) bond motifs is 1. The van der Waals surface area contributed by atoms with Crippen LogP contribution >= 0.6 is 0 Å². The summed E-state index contributed by atoms with van der Waals surface area (Å²) in [5.41, 5.74) is 12.3. The number of hydrogen-bond acceptors (Lipinski definition) is 5. The summed E-state index contributed by atoms with van der Waals surface area (Å²) in [5.74, 6) is 0.797. The molecule has 1 aliphatic rings. The number of aromatic nitrogens is 4. The molecular formula is C30H28N6O2. The van der Waals surface area contributed by atoms with Gasteiger partial charge in [-0.15, -0.1) is 0 Å². The maximum absolute atomic E-state index is 13.3. The summed E-state index contributed by atoms with van der Waals surface area (Å²) >= 11 is 0. The van der Waals surface area contributed by atoms with Crippen molar-refractivity contribution in [1.82, 2.24) is 24.1 Å². The van der Waals surface area contributed by atoms with E-state index >= 15 is 0 Å². The van der Waals surface area contributed by atoms with Crippen molar-refractivity contribution in [1.29, 1.82) is 0 Å². The lowest BCUT2D eigenvalue weighted by atomic mass is 9.93. The molecule has 0 radical (unpaired) electrons. The standard InChI is InChI=1S/C30H28N6O2/c1-20(37)34-16-13-23(14-17-34)27-18-26(28-29(31)32-19-33-36(27)28)22-11-9-21(10-12-22)25-8-5-15-35(30(25)38)24-6-3-2-4-7-24/h2-12,15,18-19,23H,13-14,16-17H2,1H3,(H2,31,32,33). The maximum Gasteiger partial charge on any atom is 0.262 e. The average Bonchev–Trinajstić information content (AvgIpc) is 3.35. The lowest BCUT2D eigenvalue weighted by Crippen LogP contribution is -2.36. The van der Waals surface area contributed by atoms with Gasteiger partial charge in [-0.2, -0.15) is 5.10 Å². The Morgan fingerprint density at radius 3 is 2.29 bits per heavy atom. The number of benzene rings is 2. The molecule has 1 aliphatic heterocycles. The van der Waals surface area contributed by atoms with Crippen molar-refractivity contribution in [2.24, 2.45) is 0 Å². The number of pyridine rings is 1. The van der Waals surface area contributed by atoms with Gasteiger partial charge in [0.15, 0.2) is 5.82 Å². The third-order valence-electron chi connectivity index (χ3n) is 7.46. The van der Waals surface area contributed by atoms with Crippen molar-refractivity contribution in [2.45, 2.75) is 25.7 Å². The average molecular weight is 505 g/mol. The number of carbonyl (C=O) groups excluding carboxylic acids is 1. The largest absolute Gasteiger partial charge is 0.382 e. The van der Waals surface area contributed by atoms with Crippen molar-refractivity contribution >= 4 is 17.2 Å². The Labute approximate surface area is 220 Å². The minimum Gasteiger partial charge on any atom is -0.382 e. The number of likely N-dealkylation sites (tertiary alicyclic amines) is 1. The predicted octanol–water partition coefficient (Wildman–Crippen LogP) is 4.52. The highest BCUT2D eigenvalue weighted by molar-refractivity contribution is 5.89. The SMILES string of the molecule is CC(=O)N1CCC(c2cc(-c3ccc(-c4cccn(-c5ccccc5)c4=O)cc3)c3c(N)ncnn23)CC1. The molecule has 5 aromatic rings. The van der Waals surface area contributed by atoms with E-state index in [1.807, 2.05) is 76.1 Å². The van der Waals surface area contributed by atoms with Gasteiger partial charge in [0.2, 0.25) is 5.91 Å². The van der Waals surface area contributed by atoms with Gasteiger partial charge in [-0.3, -0.25) is 14.2 Å². The number of amides is 1. The third-order valence-corrected chi connectivity index (χ3v) is 7.46. The molecule has 0 bridgehead atoms. The Hall–Kier alpha value is -4.72. The van der Waals surface area contributed by atoms with Crippen LogP contribution in [0.2, 0.25) is 0 Å². The van der Waals surface area contributed by atoms with Gasteiger partial charge >= 0.3 is 0 Å². The fraction of sp³-hybridized carbons (Fsp3) is 0.200. The van der Waals surface area contributed by atoms with Crippen LogP contribution in [0.3, 0.4) is 0 Å². The highest BCUT2D eigenvalue weighted by Crippen LogP contribution is 2.37. The van der Waals surface area contributed by atoms with Gasteiger partial charge in [-0.05, 0) is 54.3 Å². The molecule has 190 valence electrons. The minimum absolute atomic E-state index is 0.0717. The molecule has 2 aromatic carbocycles. The van der Waals surface area contributed by atoms with Crippen molar-refractivity contribution in [3.63, 3.8) is 0 Å². The summed E-state index contributed by atoms with van der Waals surface area (Å²) in [5, 5.41) is 4.53. The van der Waals surface area contributed by atoms with Crippen LogP contribution in [0.1, 0.15) is 31.4 Å². The molecule has 0 aliphatic carbocycles. The van der Waals surface area contributed by atoms with E-state index in [1.54, 1.807) is 17.7 Å². The van der Waals surface area contributed by atoms with E-state index in [4.69, 9.17) is 5.73 Å². The molecule has 38 heavy (non-hydrogen) atoms. The first-order valence-corrected chi connectivity index (χ1v) is 12.8. The summed E-state index contributed by atoms with van der Waals surface area (Å²) in [7, 11) is 0. The van der Waals surface area contributed by atoms with E-state index in [2.05, 4.69) is 16.1 Å². The zero-order valence-corrected chi connectivity index (χ0v) is 21.1. The molecule has 0 unspecified atom stereocenters. The Morgan fingerprint density at radius 2 is 1.61 bits per heavy atom. The number of hydrogen-bond donors (Lipinski definition) is 1. The first-order chi connectivity index (χ1) is 18.5. The van der Waals surface area contributed by atoms with E-state index in [1.165, 1.54) is 6.33 Å². The number of nitrogens with zero attached hydrogens (tertiary/aromatic N) is 5. The predicted molar refractivity (Wildman–Crippen MR) is 148 cm³/mol. The highest BCUT2D eigenvalue weighted by atomic mass is 16.2. The number of anilines is 1. The lowest BCUT2D eigenvalue weighted by molar-refractivity contribution is -0.129. The van der Waals surface area contributed by atoms with Gasteiger partial charge < -0.3 is 10.6 Å². The molecule has 2 N–H and O–H groups in total. The van der Waals surface area contributed by atoms with Crippen molar-refractivity contribution in [2.75, 3.05) is 18.8 Å². The van der Waals surface area contributed by atoms with Crippen molar-refractivity contribution in [3.05, 3.63) is 101 Å². The van der Waals surface area contributed by atoms with Crippen LogP contribution in [-0.2, 0) is 4.79 Å².